The maximum atomic E-state index is 11.8. The minimum absolute atomic E-state index is 0.0962. The summed E-state index contributed by atoms with van der Waals surface area (Å²) in [6.45, 7) is 2.91. The van der Waals surface area contributed by atoms with Crippen molar-refractivity contribution in [2.75, 3.05) is 19.3 Å². The van der Waals surface area contributed by atoms with Gasteiger partial charge in [-0.05, 0) is 25.8 Å². The van der Waals surface area contributed by atoms with E-state index in [1.165, 1.54) is 10.6 Å². The molecule has 1 saturated heterocycles. The van der Waals surface area contributed by atoms with Gasteiger partial charge < -0.3 is 4.98 Å². The Hall–Kier alpha value is -1.80. The fourth-order valence-corrected chi connectivity index (χ4v) is 3.72. The first-order valence-electron chi connectivity index (χ1n) is 7.24. The van der Waals surface area contributed by atoms with Crippen LogP contribution in [0, 0.1) is 6.92 Å². The Morgan fingerprint density at radius 1 is 1.36 bits per heavy atom. The maximum Gasteiger partial charge on any atom is 0.211 e. The van der Waals surface area contributed by atoms with Gasteiger partial charge in [0.05, 0.1) is 6.26 Å². The Balaban J connectivity index is 1.91. The number of imidazole rings is 1. The lowest BCUT2D eigenvalue weighted by Gasteiger charge is -2.30. The number of sulfonamides is 1. The van der Waals surface area contributed by atoms with Crippen LogP contribution in [0.1, 0.15) is 30.3 Å². The molecule has 0 radical (unpaired) electrons. The summed E-state index contributed by atoms with van der Waals surface area (Å²) in [6.07, 6.45) is 6.46. The Morgan fingerprint density at radius 2 is 2.18 bits per heavy atom. The normalized spacial score (nSPS) is 20.2. The Kier molecular flexibility index (Phi) is 3.96. The Labute approximate surface area is 129 Å². The molecule has 8 heteroatoms. The second-order valence-corrected chi connectivity index (χ2v) is 7.61. The molecular formula is C14H19N5O2S. The number of nitrogens with zero attached hydrogens (tertiary/aromatic N) is 4. The van der Waals surface area contributed by atoms with Crippen molar-refractivity contribution >= 4 is 10.0 Å². The third-order valence-corrected chi connectivity index (χ3v) is 5.14. The van der Waals surface area contributed by atoms with E-state index in [0.717, 1.165) is 24.2 Å². The van der Waals surface area contributed by atoms with Gasteiger partial charge in [0.1, 0.15) is 11.5 Å². The molecule has 2 aromatic heterocycles. The van der Waals surface area contributed by atoms with Gasteiger partial charge in [-0.1, -0.05) is 0 Å². The lowest BCUT2D eigenvalue weighted by molar-refractivity contribution is 0.314. The molecule has 1 aliphatic heterocycles. The van der Waals surface area contributed by atoms with Gasteiger partial charge in [0.25, 0.3) is 0 Å². The number of aryl methyl sites for hydroxylation is 1. The van der Waals surface area contributed by atoms with Crippen LogP contribution in [0.5, 0.6) is 0 Å². The summed E-state index contributed by atoms with van der Waals surface area (Å²) in [5, 5.41) is 0. The monoisotopic (exact) mass is 321 g/mol. The molecule has 1 aliphatic rings. The van der Waals surface area contributed by atoms with Crippen molar-refractivity contribution in [1.29, 1.82) is 0 Å². The zero-order valence-electron chi connectivity index (χ0n) is 12.7. The number of hydrogen-bond acceptors (Lipinski definition) is 5. The second-order valence-electron chi connectivity index (χ2n) is 5.62. The summed E-state index contributed by atoms with van der Waals surface area (Å²) in [7, 11) is -3.16. The highest BCUT2D eigenvalue weighted by atomic mass is 32.2. The predicted molar refractivity (Wildman–Crippen MR) is 82.7 cm³/mol. The van der Waals surface area contributed by atoms with Crippen LogP contribution in [0.2, 0.25) is 0 Å². The van der Waals surface area contributed by atoms with Crippen LogP contribution in [0.3, 0.4) is 0 Å². The van der Waals surface area contributed by atoms with Crippen molar-refractivity contribution < 1.29 is 8.42 Å². The minimum Gasteiger partial charge on any atom is -0.343 e. The van der Waals surface area contributed by atoms with Crippen LogP contribution < -0.4 is 0 Å². The molecule has 3 rings (SSSR count). The summed E-state index contributed by atoms with van der Waals surface area (Å²) in [5.74, 6) is 1.46. The van der Waals surface area contributed by atoms with Gasteiger partial charge in [-0.2, -0.15) is 0 Å². The van der Waals surface area contributed by atoms with Crippen LogP contribution in [-0.2, 0) is 10.0 Å². The first-order valence-corrected chi connectivity index (χ1v) is 9.09. The molecule has 22 heavy (non-hydrogen) atoms. The lowest BCUT2D eigenvalue weighted by atomic mass is 9.95. The zero-order valence-corrected chi connectivity index (χ0v) is 13.5. The van der Waals surface area contributed by atoms with Gasteiger partial charge in [-0.3, -0.25) is 0 Å². The smallest absolute Gasteiger partial charge is 0.211 e. The molecule has 1 fully saturated rings. The third kappa shape index (κ3) is 3.17. The van der Waals surface area contributed by atoms with Gasteiger partial charge >= 0.3 is 0 Å². The van der Waals surface area contributed by atoms with Crippen LogP contribution in [0.25, 0.3) is 11.5 Å². The van der Waals surface area contributed by atoms with E-state index >= 15 is 0 Å². The molecule has 1 N–H and O–H groups in total. The summed E-state index contributed by atoms with van der Waals surface area (Å²) >= 11 is 0. The molecule has 0 aromatic carbocycles. The summed E-state index contributed by atoms with van der Waals surface area (Å²) in [4.78, 5) is 16.2. The van der Waals surface area contributed by atoms with Crippen molar-refractivity contribution in [1.82, 2.24) is 24.2 Å². The molecule has 0 amide bonds. The Morgan fingerprint density at radius 3 is 2.86 bits per heavy atom. The fourth-order valence-electron chi connectivity index (χ4n) is 2.81. The van der Waals surface area contributed by atoms with Crippen molar-refractivity contribution in [2.24, 2.45) is 0 Å². The molecule has 1 unspecified atom stereocenters. The van der Waals surface area contributed by atoms with E-state index in [4.69, 9.17) is 0 Å². The summed E-state index contributed by atoms with van der Waals surface area (Å²) in [6, 6.07) is 1.91. The number of rotatable bonds is 3. The SMILES string of the molecule is Cc1nc(-c2ncc[nH]2)cc(C2CCCN(S(C)(=O)=O)C2)n1. The van der Waals surface area contributed by atoms with Crippen molar-refractivity contribution in [3.05, 3.63) is 30.0 Å². The average molecular weight is 321 g/mol. The number of H-pyrrole nitrogens is 1. The van der Waals surface area contributed by atoms with E-state index < -0.39 is 10.0 Å². The minimum atomic E-state index is -3.16. The van der Waals surface area contributed by atoms with E-state index in [2.05, 4.69) is 19.9 Å². The highest BCUT2D eigenvalue weighted by molar-refractivity contribution is 7.88. The molecule has 0 aliphatic carbocycles. The van der Waals surface area contributed by atoms with Gasteiger partial charge in [-0.15, -0.1) is 0 Å². The Bertz CT molecular complexity index is 758. The first kappa shape index (κ1) is 15.1. The number of aromatic amines is 1. The third-order valence-electron chi connectivity index (χ3n) is 3.87. The van der Waals surface area contributed by atoms with E-state index in [1.54, 1.807) is 12.4 Å². The maximum absolute atomic E-state index is 11.8. The standard InChI is InChI=1S/C14H19N5O2S/c1-10-17-12(8-13(18-10)14-15-5-6-16-14)11-4-3-7-19(9-11)22(2,20)21/h5-6,8,11H,3-4,7,9H2,1-2H3,(H,15,16). The molecule has 0 bridgehead atoms. The molecule has 1 atom stereocenters. The fraction of sp³-hybridized carbons (Fsp3) is 0.500. The number of aromatic nitrogens is 4. The first-order chi connectivity index (χ1) is 10.4. The highest BCUT2D eigenvalue weighted by Crippen LogP contribution is 2.28. The van der Waals surface area contributed by atoms with E-state index in [1.807, 2.05) is 13.0 Å². The molecular weight excluding hydrogens is 302 g/mol. The quantitative estimate of drug-likeness (QED) is 0.920. The molecule has 0 saturated carbocycles. The largest absolute Gasteiger partial charge is 0.343 e. The van der Waals surface area contributed by atoms with Crippen LogP contribution in [-0.4, -0.2) is 52.0 Å². The zero-order chi connectivity index (χ0) is 15.7. The topological polar surface area (TPSA) is 91.8 Å². The average Bonchev–Trinajstić information content (AvgIpc) is 3.00. The molecule has 0 spiro atoms. The van der Waals surface area contributed by atoms with E-state index in [-0.39, 0.29) is 5.92 Å². The number of hydrogen-bond donors (Lipinski definition) is 1. The second kappa shape index (κ2) is 5.77. The van der Waals surface area contributed by atoms with Crippen molar-refractivity contribution in [3.8, 4) is 11.5 Å². The van der Waals surface area contributed by atoms with Crippen LogP contribution in [0.4, 0.5) is 0 Å². The predicted octanol–water partition coefficient (Wildman–Crippen LogP) is 1.31. The van der Waals surface area contributed by atoms with Gasteiger partial charge in [0.2, 0.25) is 10.0 Å². The van der Waals surface area contributed by atoms with Crippen molar-refractivity contribution in [2.45, 2.75) is 25.7 Å². The van der Waals surface area contributed by atoms with E-state index in [0.29, 0.717) is 24.7 Å². The molecule has 118 valence electrons. The van der Waals surface area contributed by atoms with Gasteiger partial charge in [0.15, 0.2) is 5.82 Å². The molecule has 2 aromatic rings. The molecule has 3 heterocycles. The highest BCUT2D eigenvalue weighted by Gasteiger charge is 2.28. The summed E-state index contributed by atoms with van der Waals surface area (Å²) in [5.41, 5.74) is 1.62. The molecule has 7 nitrogen and oxygen atoms in total. The van der Waals surface area contributed by atoms with Crippen LogP contribution in [0.15, 0.2) is 18.5 Å². The lowest BCUT2D eigenvalue weighted by Crippen LogP contribution is -2.38. The summed E-state index contributed by atoms with van der Waals surface area (Å²) < 4.78 is 25.1. The number of nitrogens with one attached hydrogen (secondary N) is 1. The van der Waals surface area contributed by atoms with Crippen LogP contribution >= 0.6 is 0 Å². The number of piperidine rings is 1. The van der Waals surface area contributed by atoms with E-state index in [9.17, 15) is 8.42 Å². The van der Waals surface area contributed by atoms with Crippen molar-refractivity contribution in [3.63, 3.8) is 0 Å². The van der Waals surface area contributed by atoms with Gasteiger partial charge in [-0.25, -0.2) is 27.7 Å². The van der Waals surface area contributed by atoms with Gasteiger partial charge in [0, 0.05) is 37.1 Å².